The molecule has 0 aromatic carbocycles. The van der Waals surface area contributed by atoms with E-state index < -0.39 is 134 Å². The van der Waals surface area contributed by atoms with Crippen molar-refractivity contribution in [3.8, 4) is 0 Å². The molecule has 0 unspecified atom stereocenters. The van der Waals surface area contributed by atoms with Gasteiger partial charge in [-0.2, -0.15) is 0 Å². The minimum absolute atomic E-state index is 0.142. The second kappa shape index (κ2) is 55.8. The molecule has 0 aromatic heterocycles. The van der Waals surface area contributed by atoms with E-state index in [1.165, 1.54) is 14.2 Å². The van der Waals surface area contributed by atoms with Gasteiger partial charge in [0.1, 0.15) is 38.3 Å². The van der Waals surface area contributed by atoms with Gasteiger partial charge in [0.25, 0.3) is 0 Å². The van der Waals surface area contributed by atoms with Crippen molar-refractivity contribution in [2.75, 3.05) is 107 Å². The largest absolute Gasteiger partial charge is 0.453 e. The van der Waals surface area contributed by atoms with E-state index in [4.69, 9.17) is 22.9 Å². The van der Waals surface area contributed by atoms with E-state index in [2.05, 4.69) is 72.1 Å². The van der Waals surface area contributed by atoms with Crippen LogP contribution in [0.4, 0.5) is 19.2 Å². The van der Waals surface area contributed by atoms with Crippen molar-refractivity contribution in [3.63, 3.8) is 0 Å². The summed E-state index contributed by atoms with van der Waals surface area (Å²) in [4.78, 5) is 196. The maximum atomic E-state index is 13.1. The van der Waals surface area contributed by atoms with Crippen LogP contribution >= 0.6 is 0 Å². The highest BCUT2D eigenvalue weighted by atomic mass is 16.5. The van der Waals surface area contributed by atoms with Crippen molar-refractivity contribution >= 4 is 95.3 Å². The topological polar surface area (TPSA) is 541 Å². The second-order valence-corrected chi connectivity index (χ2v) is 23.4. The van der Waals surface area contributed by atoms with Gasteiger partial charge in [0.05, 0.1) is 28.4 Å². The number of nitrogens with one attached hydrogen (secondary N) is 10. The van der Waals surface area contributed by atoms with Gasteiger partial charge in [-0.1, -0.05) is 53.4 Å². The number of primary amides is 4. The summed E-state index contributed by atoms with van der Waals surface area (Å²) in [6.07, 6.45) is 6.30. The molecule has 560 valence electrons. The van der Waals surface area contributed by atoms with Crippen molar-refractivity contribution in [1.82, 2.24) is 63.0 Å². The zero-order valence-corrected chi connectivity index (χ0v) is 58.5. The summed E-state index contributed by atoms with van der Waals surface area (Å²) in [5.74, 6) is -6.94. The van der Waals surface area contributed by atoms with Crippen LogP contribution in [0.1, 0.15) is 156 Å². The van der Waals surface area contributed by atoms with Crippen LogP contribution in [0.5, 0.6) is 0 Å². The lowest BCUT2D eigenvalue weighted by Gasteiger charge is -2.22. The highest BCUT2D eigenvalue weighted by molar-refractivity contribution is 5.91. The number of methoxy groups -OCH3 is 4. The summed E-state index contributed by atoms with van der Waals surface area (Å²) in [6, 6.07) is -1.96. The molecule has 36 heteroatoms. The van der Waals surface area contributed by atoms with Crippen LogP contribution in [0.2, 0.25) is 0 Å². The van der Waals surface area contributed by atoms with E-state index in [1.54, 1.807) is 27.7 Å². The molecule has 0 saturated carbocycles. The number of unbranched alkanes of at least 4 members (excludes halogenated alkanes) is 6. The van der Waals surface area contributed by atoms with Crippen molar-refractivity contribution < 1.29 is 95.7 Å². The van der Waals surface area contributed by atoms with E-state index in [0.717, 1.165) is 24.0 Å². The van der Waals surface area contributed by atoms with Crippen molar-refractivity contribution in [1.29, 1.82) is 0 Å². The fourth-order valence-electron chi connectivity index (χ4n) is 8.72. The molecule has 0 rings (SSSR count). The number of alkyl carbamates (subject to hydrolysis) is 4. The van der Waals surface area contributed by atoms with Crippen LogP contribution in [0, 0.1) is 23.7 Å². The predicted molar refractivity (Wildman–Crippen MR) is 356 cm³/mol. The number of rotatable bonds is 52. The Balaban J connectivity index is 0. The number of carbonyl (C=O) groups is 16. The maximum Gasteiger partial charge on any atom is 0.407 e. The summed E-state index contributed by atoms with van der Waals surface area (Å²) in [6.45, 7) is 6.79. The van der Waals surface area contributed by atoms with Gasteiger partial charge in [0.2, 0.25) is 70.9 Å². The Hall–Kier alpha value is -9.28. The lowest BCUT2D eigenvalue weighted by Crippen LogP contribution is -2.49. The first-order valence-corrected chi connectivity index (χ1v) is 33.1. The van der Waals surface area contributed by atoms with Crippen LogP contribution in [0.15, 0.2) is 0 Å². The van der Waals surface area contributed by atoms with E-state index in [0.29, 0.717) is 142 Å². The van der Waals surface area contributed by atoms with Gasteiger partial charge in [0, 0.05) is 88.9 Å². The van der Waals surface area contributed by atoms with Crippen LogP contribution in [0.25, 0.3) is 0 Å². The van der Waals surface area contributed by atoms with Gasteiger partial charge < -0.3 is 105 Å². The molecule has 0 spiro atoms. The number of hydrogen-bond donors (Lipinski definition) is 14. The fourth-order valence-corrected chi connectivity index (χ4v) is 8.72. The Morgan fingerprint density at radius 1 is 0.296 bits per heavy atom. The molecule has 0 bridgehead atoms. The van der Waals surface area contributed by atoms with Crippen LogP contribution in [0.3, 0.4) is 0 Å². The summed E-state index contributed by atoms with van der Waals surface area (Å²) in [5, 5.41) is 25.9. The van der Waals surface area contributed by atoms with Gasteiger partial charge in [-0.25, -0.2) is 19.2 Å². The number of amides is 16. The predicted octanol–water partition coefficient (Wildman–Crippen LogP) is -1.22. The third kappa shape index (κ3) is 48.4. The first-order chi connectivity index (χ1) is 46.4. The third-order valence-electron chi connectivity index (χ3n) is 15.1. The van der Waals surface area contributed by atoms with Crippen LogP contribution in [-0.2, 0) is 76.5 Å². The number of nitrogens with two attached hydrogens (primary N) is 4. The Morgan fingerprint density at radius 2 is 0.520 bits per heavy atom. The highest BCUT2D eigenvalue weighted by Crippen LogP contribution is 2.11. The zero-order valence-electron chi connectivity index (χ0n) is 58.5. The van der Waals surface area contributed by atoms with Crippen LogP contribution < -0.4 is 76.1 Å². The number of carbonyl (C=O) groups excluding carboxylic acids is 16. The molecule has 0 heterocycles. The molecule has 0 radical (unpaired) electrons. The maximum absolute atomic E-state index is 13.1. The smallest absolute Gasteiger partial charge is 0.407 e. The van der Waals surface area contributed by atoms with E-state index in [1.807, 2.05) is 0 Å². The normalized spacial score (nSPS) is 12.3. The van der Waals surface area contributed by atoms with Gasteiger partial charge in [-0.3, -0.25) is 57.5 Å². The molecule has 0 aliphatic heterocycles. The molecule has 98 heavy (non-hydrogen) atoms. The highest BCUT2D eigenvalue weighted by Gasteiger charge is 2.26. The fraction of sp³-hybridized carbons (Fsp3) is 0.742. The number of nitrogens with zero attached hydrogens (tertiary/aromatic N) is 2. The number of hydrogen-bond acceptors (Lipinski definition) is 20. The molecule has 16 amide bonds. The monoisotopic (exact) mass is 1400 g/mol. The lowest BCUT2D eigenvalue weighted by atomic mass is 10.0. The quantitative estimate of drug-likeness (QED) is 0.0251. The molecular formula is C62H112N16O20. The van der Waals surface area contributed by atoms with E-state index in [-0.39, 0.29) is 62.4 Å². The molecule has 18 N–H and O–H groups in total. The zero-order chi connectivity index (χ0) is 74.4. The molecule has 0 fully saturated rings. The summed E-state index contributed by atoms with van der Waals surface area (Å²) >= 11 is 0. The minimum atomic E-state index is -0.981. The van der Waals surface area contributed by atoms with E-state index >= 15 is 0 Å². The first kappa shape index (κ1) is 90.8. The lowest BCUT2D eigenvalue weighted by molar-refractivity contribution is -0.139. The summed E-state index contributed by atoms with van der Waals surface area (Å²) in [5.41, 5.74) is 21.1. The summed E-state index contributed by atoms with van der Waals surface area (Å²) < 4.78 is 18.2. The Morgan fingerprint density at radius 3 is 0.745 bits per heavy atom. The number of ether oxygens (including phenoxy) is 4. The van der Waals surface area contributed by atoms with Gasteiger partial charge >= 0.3 is 24.4 Å². The molecule has 0 saturated heterocycles. The molecule has 36 nitrogen and oxygen atoms in total. The van der Waals surface area contributed by atoms with Gasteiger partial charge in [-0.15, -0.1) is 0 Å². The van der Waals surface area contributed by atoms with Crippen LogP contribution in [-0.4, -0.2) is 224 Å². The Bertz CT molecular complexity index is 2260. The molecular weight excluding hydrogens is 1290 g/mol. The van der Waals surface area contributed by atoms with Crippen molar-refractivity contribution in [3.05, 3.63) is 0 Å². The van der Waals surface area contributed by atoms with Crippen molar-refractivity contribution in [2.24, 2.45) is 46.6 Å². The average Bonchev–Trinajstić information content (AvgIpc) is 1.06. The Labute approximate surface area is 573 Å². The minimum Gasteiger partial charge on any atom is -0.453 e. The first-order valence-electron chi connectivity index (χ1n) is 33.1. The van der Waals surface area contributed by atoms with Crippen molar-refractivity contribution in [2.45, 2.75) is 168 Å². The standard InChI is InChI=1S/2C31H56N8O10/c2*1-21(27(32)43)11-5-8-15-34-24(40)19-39(20-25(41)35-16-9-6-12-22(2)28(33)44)26(42)14-18-36-29(45)23(38-31(47)49-4)13-7-10-17-37-30(46)48-3/h2*21-23H,5-20H2,1-4H3,(H2,32,43)(H2,33,44)(H,34,40)(H,35,41)(H,36,45)(H,37,46)(H,38,47)/t2*21-,22-,23-/m00/s1. The Kier molecular flexibility index (Phi) is 51.7. The molecule has 0 aromatic rings. The average molecular weight is 1400 g/mol. The summed E-state index contributed by atoms with van der Waals surface area (Å²) in [7, 11) is 4.78. The molecule has 6 atom stereocenters. The van der Waals surface area contributed by atoms with Gasteiger partial charge in [-0.05, 0) is 89.9 Å². The third-order valence-corrected chi connectivity index (χ3v) is 15.1. The van der Waals surface area contributed by atoms with Gasteiger partial charge in [0.15, 0.2) is 0 Å². The SMILES string of the molecule is COC(=O)NCCCC[C@H](NC(=O)OC)C(=O)NCCC(=O)N(CC(=O)NCCCC[C@H](C)C(N)=O)CC(=O)NCCCC[C@H](C)C(N)=O.COC(=O)NCCCC[C@H](NC(=O)OC)C(=O)NCCC(=O)N(CC(=O)NCCCC[C@H](C)C(N)=O)CC(=O)NCCCC[C@H](C)C(N)=O. The molecule has 0 aliphatic rings. The van der Waals surface area contributed by atoms with E-state index in [9.17, 15) is 76.7 Å². The molecule has 0 aliphatic carbocycles. The second-order valence-electron chi connectivity index (χ2n) is 23.4.